The molecule has 6 heteroatoms. The average molecular weight is 277 g/mol. The molecule has 2 rings (SSSR count). The van der Waals surface area contributed by atoms with Crippen LogP contribution in [0.4, 0.5) is 20.3 Å². The zero-order valence-corrected chi connectivity index (χ0v) is 11.0. The summed E-state index contributed by atoms with van der Waals surface area (Å²) in [4.78, 5) is 17.2. The number of carbonyl (C=O) groups is 1. The topological polar surface area (TPSA) is 45.2 Å². The van der Waals surface area contributed by atoms with E-state index >= 15 is 0 Å². The molecule has 2 aromatic rings. The Balaban J connectivity index is 2.36. The number of hydrogen-bond donors (Lipinski definition) is 1. The number of pyridine rings is 1. The summed E-state index contributed by atoms with van der Waals surface area (Å²) in [5.41, 5.74) is 0.216. The van der Waals surface area contributed by atoms with Crippen molar-refractivity contribution in [2.75, 3.05) is 24.3 Å². The molecule has 1 aromatic carbocycles. The minimum Gasteiger partial charge on any atom is -0.371 e. The van der Waals surface area contributed by atoms with Gasteiger partial charge >= 0.3 is 0 Å². The largest absolute Gasteiger partial charge is 0.371 e. The van der Waals surface area contributed by atoms with Crippen molar-refractivity contribution in [2.45, 2.75) is 0 Å². The summed E-state index contributed by atoms with van der Waals surface area (Å²) >= 11 is 0. The van der Waals surface area contributed by atoms with Crippen molar-refractivity contribution in [1.29, 1.82) is 0 Å². The predicted octanol–water partition coefficient (Wildman–Crippen LogP) is 2.68. The molecule has 104 valence electrons. The molecule has 0 aliphatic heterocycles. The predicted molar refractivity (Wildman–Crippen MR) is 72.9 cm³/mol. The van der Waals surface area contributed by atoms with E-state index in [2.05, 4.69) is 10.3 Å². The summed E-state index contributed by atoms with van der Waals surface area (Å²) in [5, 5.41) is 2.56. The average Bonchev–Trinajstić information content (AvgIpc) is 2.46. The highest BCUT2D eigenvalue weighted by Crippen LogP contribution is 2.20. The number of hydrogen-bond acceptors (Lipinski definition) is 3. The van der Waals surface area contributed by atoms with Gasteiger partial charge in [0.15, 0.2) is 11.6 Å². The molecular weight excluding hydrogens is 264 g/mol. The smallest absolute Gasteiger partial charge is 0.261 e. The molecule has 0 bridgehead atoms. The summed E-state index contributed by atoms with van der Waals surface area (Å²) in [5.74, 6) is -1.79. The summed E-state index contributed by atoms with van der Waals surface area (Å²) < 4.78 is 27.2. The normalized spacial score (nSPS) is 10.2. The Bertz CT molecular complexity index is 646. The van der Waals surface area contributed by atoms with Crippen molar-refractivity contribution in [3.05, 3.63) is 53.7 Å². The maximum Gasteiger partial charge on any atom is 0.261 e. The molecule has 1 aromatic heterocycles. The zero-order valence-electron chi connectivity index (χ0n) is 11.0. The van der Waals surface area contributed by atoms with E-state index in [1.54, 1.807) is 6.07 Å². The van der Waals surface area contributed by atoms with Gasteiger partial charge in [0.25, 0.3) is 5.91 Å². The number of benzene rings is 1. The van der Waals surface area contributed by atoms with Crippen LogP contribution in [0.3, 0.4) is 0 Å². The van der Waals surface area contributed by atoms with Gasteiger partial charge in [-0.2, -0.15) is 0 Å². The zero-order chi connectivity index (χ0) is 14.7. The summed E-state index contributed by atoms with van der Waals surface area (Å²) in [6, 6.07) is 6.81. The highest BCUT2D eigenvalue weighted by Gasteiger charge is 2.20. The summed E-state index contributed by atoms with van der Waals surface area (Å²) in [6.45, 7) is 0. The second-order valence-corrected chi connectivity index (χ2v) is 4.12. The molecule has 0 spiro atoms. The van der Waals surface area contributed by atoms with E-state index in [-0.39, 0.29) is 11.4 Å². The molecule has 1 heterocycles. The minimum atomic E-state index is -0.733. The number of nitrogens with one attached hydrogen (secondary N) is 1. The van der Waals surface area contributed by atoms with Crippen molar-refractivity contribution in [2.24, 2.45) is 0 Å². The molecule has 0 unspecified atom stereocenters. The molecule has 0 aliphatic rings. The van der Waals surface area contributed by atoms with Gasteiger partial charge in [0, 0.05) is 26.0 Å². The van der Waals surface area contributed by atoms with Gasteiger partial charge in [-0.15, -0.1) is 0 Å². The quantitative estimate of drug-likeness (QED) is 0.938. The molecule has 0 aliphatic carbocycles. The number of rotatable bonds is 3. The fraction of sp³-hybridized carbons (Fsp3) is 0.143. The Kier molecular flexibility index (Phi) is 3.93. The van der Waals surface area contributed by atoms with E-state index < -0.39 is 17.5 Å². The van der Waals surface area contributed by atoms with E-state index in [4.69, 9.17) is 0 Å². The van der Waals surface area contributed by atoms with Crippen LogP contribution in [0.2, 0.25) is 0 Å². The number of aromatic nitrogens is 1. The highest BCUT2D eigenvalue weighted by atomic mass is 19.1. The summed E-state index contributed by atoms with van der Waals surface area (Å²) in [6.07, 6.45) is 1.33. The van der Waals surface area contributed by atoms with Gasteiger partial charge in [-0.1, -0.05) is 6.07 Å². The second kappa shape index (κ2) is 5.64. The first-order chi connectivity index (χ1) is 9.54. The lowest BCUT2D eigenvalue weighted by molar-refractivity contribution is 0.0989. The van der Waals surface area contributed by atoms with Crippen LogP contribution in [-0.4, -0.2) is 25.0 Å². The first-order valence-electron chi connectivity index (χ1n) is 5.90. The van der Waals surface area contributed by atoms with Crippen LogP contribution in [0.15, 0.2) is 36.5 Å². The standard InChI is InChI=1S/C14H13F2N3O/c1-17-13-12(16)11(6-7-18-13)14(20)19(2)10-5-3-4-9(15)8-10/h3-8H,1-2H3,(H,17,18). The lowest BCUT2D eigenvalue weighted by Crippen LogP contribution is -2.27. The molecule has 1 N–H and O–H groups in total. The molecule has 4 nitrogen and oxygen atoms in total. The number of anilines is 2. The Labute approximate surface area is 115 Å². The van der Waals surface area contributed by atoms with Crippen LogP contribution in [0.1, 0.15) is 10.4 Å². The van der Waals surface area contributed by atoms with E-state index in [0.29, 0.717) is 5.69 Å². The Morgan fingerprint density at radius 1 is 1.30 bits per heavy atom. The van der Waals surface area contributed by atoms with Crippen LogP contribution in [0.25, 0.3) is 0 Å². The van der Waals surface area contributed by atoms with Crippen LogP contribution in [0.5, 0.6) is 0 Å². The van der Waals surface area contributed by atoms with Crippen LogP contribution >= 0.6 is 0 Å². The SMILES string of the molecule is CNc1nccc(C(=O)N(C)c2cccc(F)c2)c1F. The first-order valence-corrected chi connectivity index (χ1v) is 5.90. The lowest BCUT2D eigenvalue weighted by Gasteiger charge is -2.18. The minimum absolute atomic E-state index is 0.0107. The molecule has 20 heavy (non-hydrogen) atoms. The summed E-state index contributed by atoms with van der Waals surface area (Å²) in [7, 11) is 2.96. The first kappa shape index (κ1) is 13.9. The Morgan fingerprint density at radius 2 is 2.05 bits per heavy atom. The molecule has 0 saturated heterocycles. The molecular formula is C14H13F2N3O. The fourth-order valence-corrected chi connectivity index (χ4v) is 1.77. The van der Waals surface area contributed by atoms with Gasteiger partial charge in [0.2, 0.25) is 0 Å². The van der Waals surface area contributed by atoms with Crippen molar-refractivity contribution >= 4 is 17.4 Å². The van der Waals surface area contributed by atoms with Gasteiger partial charge in [-0.3, -0.25) is 4.79 Å². The highest BCUT2D eigenvalue weighted by molar-refractivity contribution is 6.06. The molecule has 1 amide bonds. The number of halogens is 2. The van der Waals surface area contributed by atoms with E-state index in [1.807, 2.05) is 0 Å². The van der Waals surface area contributed by atoms with E-state index in [1.165, 1.54) is 49.5 Å². The molecule has 0 atom stereocenters. The van der Waals surface area contributed by atoms with Crippen molar-refractivity contribution in [3.63, 3.8) is 0 Å². The van der Waals surface area contributed by atoms with Crippen LogP contribution in [0, 0.1) is 11.6 Å². The lowest BCUT2D eigenvalue weighted by atomic mass is 10.2. The third kappa shape index (κ3) is 2.59. The fourth-order valence-electron chi connectivity index (χ4n) is 1.77. The molecule has 0 saturated carbocycles. The van der Waals surface area contributed by atoms with Gasteiger partial charge < -0.3 is 10.2 Å². The number of nitrogens with zero attached hydrogens (tertiary/aromatic N) is 2. The Hall–Kier alpha value is -2.50. The monoisotopic (exact) mass is 277 g/mol. The van der Waals surface area contributed by atoms with Gasteiger partial charge in [-0.25, -0.2) is 13.8 Å². The third-order valence-corrected chi connectivity index (χ3v) is 2.86. The van der Waals surface area contributed by atoms with E-state index in [9.17, 15) is 13.6 Å². The Morgan fingerprint density at radius 3 is 2.70 bits per heavy atom. The number of amides is 1. The third-order valence-electron chi connectivity index (χ3n) is 2.86. The maximum absolute atomic E-state index is 14.0. The van der Waals surface area contributed by atoms with Gasteiger partial charge in [0.05, 0.1) is 5.56 Å². The van der Waals surface area contributed by atoms with E-state index in [0.717, 1.165) is 0 Å². The maximum atomic E-state index is 14.0. The van der Waals surface area contributed by atoms with Crippen LogP contribution < -0.4 is 10.2 Å². The molecule has 0 fully saturated rings. The van der Waals surface area contributed by atoms with Gasteiger partial charge in [0.1, 0.15) is 5.82 Å². The van der Waals surface area contributed by atoms with Crippen molar-refractivity contribution in [3.8, 4) is 0 Å². The second-order valence-electron chi connectivity index (χ2n) is 4.12. The van der Waals surface area contributed by atoms with Gasteiger partial charge in [-0.05, 0) is 24.3 Å². The number of carbonyl (C=O) groups excluding carboxylic acids is 1. The van der Waals surface area contributed by atoms with Crippen LogP contribution in [-0.2, 0) is 0 Å². The molecule has 0 radical (unpaired) electrons. The van der Waals surface area contributed by atoms with Crippen molar-refractivity contribution in [1.82, 2.24) is 4.98 Å². The van der Waals surface area contributed by atoms with Crippen molar-refractivity contribution < 1.29 is 13.6 Å².